The molecule has 7 heteroatoms. The van der Waals surface area contributed by atoms with Crippen LogP contribution in [0.2, 0.25) is 0 Å². The van der Waals surface area contributed by atoms with Crippen molar-refractivity contribution in [3.8, 4) is 5.75 Å². The molecule has 2 aromatic carbocycles. The van der Waals surface area contributed by atoms with Crippen molar-refractivity contribution in [1.82, 2.24) is 5.01 Å². The number of carbonyl (C=O) groups excluding carboxylic acids is 1. The van der Waals surface area contributed by atoms with Crippen LogP contribution >= 0.6 is 0 Å². The Kier molecular flexibility index (Phi) is 4.97. The number of hydrazone groups is 1. The predicted molar refractivity (Wildman–Crippen MR) is 97.1 cm³/mol. The molecule has 1 aliphatic rings. The lowest BCUT2D eigenvalue weighted by atomic mass is 9.98. The number of ether oxygens (including phenoxy) is 1. The molecule has 2 aromatic rings. The van der Waals surface area contributed by atoms with E-state index in [1.54, 1.807) is 26.2 Å². The molecule has 7 nitrogen and oxygen atoms in total. The molecule has 0 N–H and O–H groups in total. The number of nitrogens with zero attached hydrogens (tertiary/aromatic N) is 3. The lowest BCUT2D eigenvalue weighted by molar-refractivity contribution is -0.384. The van der Waals surface area contributed by atoms with Gasteiger partial charge in [-0.15, -0.1) is 0 Å². The van der Waals surface area contributed by atoms with Gasteiger partial charge in [-0.1, -0.05) is 31.2 Å². The quantitative estimate of drug-likeness (QED) is 0.606. The van der Waals surface area contributed by atoms with Crippen LogP contribution in [0.4, 0.5) is 5.69 Å². The third-order valence-corrected chi connectivity index (χ3v) is 4.36. The van der Waals surface area contributed by atoms with Gasteiger partial charge in [0.05, 0.1) is 23.8 Å². The summed E-state index contributed by atoms with van der Waals surface area (Å²) in [5.41, 5.74) is 2.27. The zero-order valence-electron chi connectivity index (χ0n) is 14.6. The SMILES string of the molecule is CCC(=O)N1N=C(c2cccc([N+](=O)[O-])c2)C[C@@H]1c1ccc(OC)cc1. The van der Waals surface area contributed by atoms with Crippen molar-refractivity contribution in [2.24, 2.45) is 5.10 Å². The average Bonchev–Trinajstić information content (AvgIpc) is 3.13. The second kappa shape index (κ2) is 7.35. The average molecular weight is 353 g/mol. The lowest BCUT2D eigenvalue weighted by Crippen LogP contribution is -2.26. The minimum atomic E-state index is -0.436. The van der Waals surface area contributed by atoms with Crippen molar-refractivity contribution >= 4 is 17.3 Å². The topological polar surface area (TPSA) is 85.0 Å². The van der Waals surface area contributed by atoms with E-state index in [1.165, 1.54) is 17.1 Å². The highest BCUT2D eigenvalue weighted by Crippen LogP contribution is 2.34. The molecule has 0 saturated heterocycles. The Morgan fingerprint density at radius 3 is 2.65 bits per heavy atom. The van der Waals surface area contributed by atoms with Crippen LogP contribution in [-0.4, -0.2) is 28.7 Å². The molecular weight excluding hydrogens is 334 g/mol. The number of nitro groups is 1. The minimum absolute atomic E-state index is 0.00599. The Bertz CT molecular complexity index is 861. The Labute approximate surface area is 151 Å². The summed E-state index contributed by atoms with van der Waals surface area (Å²) in [6.07, 6.45) is 0.831. The van der Waals surface area contributed by atoms with Crippen LogP contribution in [-0.2, 0) is 4.79 Å². The maximum absolute atomic E-state index is 12.4. The molecule has 1 amide bonds. The van der Waals surface area contributed by atoms with Crippen molar-refractivity contribution in [2.75, 3.05) is 7.11 Å². The molecule has 0 fully saturated rings. The smallest absolute Gasteiger partial charge is 0.270 e. The van der Waals surface area contributed by atoms with Crippen LogP contribution < -0.4 is 4.74 Å². The number of amides is 1. The largest absolute Gasteiger partial charge is 0.497 e. The molecule has 0 spiro atoms. The normalized spacial score (nSPS) is 16.3. The first kappa shape index (κ1) is 17.6. The summed E-state index contributed by atoms with van der Waals surface area (Å²) < 4.78 is 5.18. The fourth-order valence-corrected chi connectivity index (χ4v) is 2.96. The molecule has 134 valence electrons. The molecule has 0 unspecified atom stereocenters. The summed E-state index contributed by atoms with van der Waals surface area (Å²) in [5, 5.41) is 17.0. The molecule has 1 heterocycles. The first-order valence-corrected chi connectivity index (χ1v) is 8.31. The molecule has 1 aliphatic heterocycles. The maximum atomic E-state index is 12.4. The summed E-state index contributed by atoms with van der Waals surface area (Å²) in [6, 6.07) is 13.6. The summed E-state index contributed by atoms with van der Waals surface area (Å²) >= 11 is 0. The zero-order chi connectivity index (χ0) is 18.7. The standard InChI is InChI=1S/C19H19N3O4/c1-3-19(23)21-18(13-7-9-16(26-2)10-8-13)12-17(20-21)14-5-4-6-15(11-14)22(24)25/h4-11,18H,3,12H2,1-2H3/t18-/m1/s1. The Morgan fingerprint density at radius 1 is 1.31 bits per heavy atom. The molecule has 0 aromatic heterocycles. The van der Waals surface area contributed by atoms with Gasteiger partial charge in [0, 0.05) is 30.5 Å². The van der Waals surface area contributed by atoms with E-state index in [4.69, 9.17) is 4.74 Å². The van der Waals surface area contributed by atoms with Gasteiger partial charge in [0.1, 0.15) is 5.75 Å². The van der Waals surface area contributed by atoms with Gasteiger partial charge in [-0.3, -0.25) is 14.9 Å². The van der Waals surface area contributed by atoms with Crippen LogP contribution in [0.15, 0.2) is 53.6 Å². The number of methoxy groups -OCH3 is 1. The van der Waals surface area contributed by atoms with Crippen LogP contribution in [0, 0.1) is 10.1 Å². The molecule has 3 rings (SSSR count). The number of benzene rings is 2. The van der Waals surface area contributed by atoms with Crippen molar-refractivity contribution < 1.29 is 14.5 Å². The van der Waals surface area contributed by atoms with Gasteiger partial charge in [0.2, 0.25) is 5.91 Å². The summed E-state index contributed by atoms with van der Waals surface area (Å²) in [7, 11) is 1.60. The first-order chi connectivity index (χ1) is 12.5. The van der Waals surface area contributed by atoms with Crippen LogP contribution in [0.25, 0.3) is 0 Å². The second-order valence-corrected chi connectivity index (χ2v) is 5.94. The Balaban J connectivity index is 1.94. The monoisotopic (exact) mass is 353 g/mol. The molecule has 0 bridgehead atoms. The highest BCUT2D eigenvalue weighted by molar-refractivity contribution is 6.03. The van der Waals surface area contributed by atoms with Gasteiger partial charge in [-0.2, -0.15) is 5.10 Å². The number of nitro benzene ring substituents is 1. The van der Waals surface area contributed by atoms with Crippen molar-refractivity contribution in [1.29, 1.82) is 0 Å². The minimum Gasteiger partial charge on any atom is -0.497 e. The van der Waals surface area contributed by atoms with Gasteiger partial charge in [0.25, 0.3) is 5.69 Å². The van der Waals surface area contributed by atoms with E-state index in [2.05, 4.69) is 5.10 Å². The molecular formula is C19H19N3O4. The fraction of sp³-hybridized carbons (Fsp3) is 0.263. The maximum Gasteiger partial charge on any atom is 0.270 e. The first-order valence-electron chi connectivity index (χ1n) is 8.31. The number of non-ortho nitro benzene ring substituents is 1. The number of rotatable bonds is 5. The van der Waals surface area contributed by atoms with Gasteiger partial charge < -0.3 is 4.74 Å². The van der Waals surface area contributed by atoms with Crippen molar-refractivity contribution in [2.45, 2.75) is 25.8 Å². The van der Waals surface area contributed by atoms with Gasteiger partial charge in [-0.05, 0) is 17.7 Å². The van der Waals surface area contributed by atoms with Gasteiger partial charge in [-0.25, -0.2) is 5.01 Å². The lowest BCUT2D eigenvalue weighted by Gasteiger charge is -2.21. The number of hydrogen-bond acceptors (Lipinski definition) is 5. The van der Waals surface area contributed by atoms with Crippen LogP contribution in [0.1, 0.15) is 36.9 Å². The van der Waals surface area contributed by atoms with Crippen LogP contribution in [0.5, 0.6) is 5.75 Å². The summed E-state index contributed by atoms with van der Waals surface area (Å²) in [4.78, 5) is 22.9. The Morgan fingerprint density at radius 2 is 2.04 bits per heavy atom. The van der Waals surface area contributed by atoms with E-state index in [-0.39, 0.29) is 17.6 Å². The summed E-state index contributed by atoms with van der Waals surface area (Å²) in [6.45, 7) is 1.79. The van der Waals surface area contributed by atoms with E-state index in [0.29, 0.717) is 24.1 Å². The van der Waals surface area contributed by atoms with Gasteiger partial charge in [0.15, 0.2) is 0 Å². The number of carbonyl (C=O) groups is 1. The number of hydrogen-bond donors (Lipinski definition) is 0. The third-order valence-electron chi connectivity index (χ3n) is 4.36. The molecule has 0 aliphatic carbocycles. The molecule has 26 heavy (non-hydrogen) atoms. The Hall–Kier alpha value is -3.22. The predicted octanol–water partition coefficient (Wildman–Crippen LogP) is 3.69. The van der Waals surface area contributed by atoms with Crippen molar-refractivity contribution in [3.05, 3.63) is 69.8 Å². The van der Waals surface area contributed by atoms with Crippen molar-refractivity contribution in [3.63, 3.8) is 0 Å². The van der Waals surface area contributed by atoms with Crippen LogP contribution in [0.3, 0.4) is 0 Å². The fourth-order valence-electron chi connectivity index (χ4n) is 2.96. The molecule has 1 atom stereocenters. The van der Waals surface area contributed by atoms with E-state index in [1.807, 2.05) is 24.3 Å². The molecule has 0 radical (unpaired) electrons. The summed E-state index contributed by atoms with van der Waals surface area (Å²) in [5.74, 6) is 0.645. The second-order valence-electron chi connectivity index (χ2n) is 5.94. The zero-order valence-corrected chi connectivity index (χ0v) is 14.6. The highest BCUT2D eigenvalue weighted by Gasteiger charge is 2.32. The van der Waals surface area contributed by atoms with E-state index >= 15 is 0 Å². The van der Waals surface area contributed by atoms with E-state index < -0.39 is 4.92 Å². The molecule has 0 saturated carbocycles. The highest BCUT2D eigenvalue weighted by atomic mass is 16.6. The van der Waals surface area contributed by atoms with E-state index in [9.17, 15) is 14.9 Å². The third kappa shape index (κ3) is 3.42. The van der Waals surface area contributed by atoms with E-state index in [0.717, 1.165) is 11.3 Å². The van der Waals surface area contributed by atoms with Gasteiger partial charge >= 0.3 is 0 Å².